The van der Waals surface area contributed by atoms with Crippen molar-refractivity contribution in [2.75, 3.05) is 0 Å². The number of alkyl halides is 4. The Labute approximate surface area is 156 Å². The number of carbonyl (C=O) groups excluding carboxylic acids is 1. The van der Waals surface area contributed by atoms with Crippen molar-refractivity contribution in [1.82, 2.24) is 24.9 Å². The largest absolute Gasteiger partial charge is 0.454 e. The fourth-order valence-electron chi connectivity index (χ4n) is 2.53. The summed E-state index contributed by atoms with van der Waals surface area (Å²) in [5, 5.41) is 10.2. The van der Waals surface area contributed by atoms with E-state index in [1.807, 2.05) is 6.92 Å². The lowest BCUT2D eigenvalue weighted by Crippen LogP contribution is -2.22. The Morgan fingerprint density at radius 2 is 2.04 bits per heavy atom. The fourth-order valence-corrected chi connectivity index (χ4v) is 2.53. The Kier molecular flexibility index (Phi) is 5.81. The van der Waals surface area contributed by atoms with Gasteiger partial charge in [-0.25, -0.2) is 17.6 Å². The van der Waals surface area contributed by atoms with Crippen LogP contribution in [0.2, 0.25) is 0 Å². The molecule has 3 heterocycles. The number of carbonyl (C=O) groups is 1. The first kappa shape index (κ1) is 19.6. The van der Waals surface area contributed by atoms with Crippen LogP contribution in [-0.4, -0.2) is 25.5 Å². The molecule has 0 radical (unpaired) electrons. The molecule has 0 saturated carbocycles. The first-order valence-electron chi connectivity index (χ1n) is 8.39. The van der Waals surface area contributed by atoms with E-state index in [-0.39, 0.29) is 24.6 Å². The molecule has 28 heavy (non-hydrogen) atoms. The van der Waals surface area contributed by atoms with Crippen LogP contribution in [0.15, 0.2) is 35.0 Å². The number of aromatic nitrogens is 4. The lowest BCUT2D eigenvalue weighted by molar-refractivity contribution is 0.0920. The summed E-state index contributed by atoms with van der Waals surface area (Å²) in [6.45, 7) is 2.57. The molecule has 0 spiro atoms. The quantitative estimate of drug-likeness (QED) is 0.588. The highest BCUT2D eigenvalue weighted by Crippen LogP contribution is 2.26. The molecule has 0 atom stereocenters. The summed E-state index contributed by atoms with van der Waals surface area (Å²) in [6.07, 6.45) is -2.52. The summed E-state index contributed by atoms with van der Waals surface area (Å²) in [4.78, 5) is 12.2. The van der Waals surface area contributed by atoms with Gasteiger partial charge >= 0.3 is 0 Å². The molecule has 0 unspecified atom stereocenters. The lowest BCUT2D eigenvalue weighted by Gasteiger charge is -2.04. The van der Waals surface area contributed by atoms with Gasteiger partial charge in [0.05, 0.1) is 12.7 Å². The molecule has 0 saturated heterocycles. The van der Waals surface area contributed by atoms with Crippen molar-refractivity contribution >= 4 is 5.91 Å². The first-order chi connectivity index (χ1) is 13.4. The summed E-state index contributed by atoms with van der Waals surface area (Å²) < 4.78 is 59.3. The number of nitrogens with zero attached hydrogens (tertiary/aromatic N) is 4. The van der Waals surface area contributed by atoms with Crippen molar-refractivity contribution in [3.8, 4) is 0 Å². The zero-order chi connectivity index (χ0) is 20.3. The number of aryl methyl sites for hydroxylation is 1. The monoisotopic (exact) mass is 399 g/mol. The minimum Gasteiger partial charge on any atom is -0.454 e. The van der Waals surface area contributed by atoms with E-state index in [1.165, 1.54) is 12.1 Å². The Morgan fingerprint density at radius 3 is 2.68 bits per heavy atom. The smallest absolute Gasteiger partial charge is 0.287 e. The van der Waals surface area contributed by atoms with Gasteiger partial charge in [-0.1, -0.05) is 0 Å². The standard InChI is InChI=1S/C17H17F4N5O2/c1-2-25-8-10(7-23-25)6-22-17(27)14-4-3-11(28-14)9-26-13(16(20)21)5-12(24-26)15(18)19/h3-5,7-8,15-16H,2,6,9H2,1H3,(H,22,27). The summed E-state index contributed by atoms with van der Waals surface area (Å²) >= 11 is 0. The van der Waals surface area contributed by atoms with Crippen LogP contribution in [0, 0.1) is 0 Å². The maximum Gasteiger partial charge on any atom is 0.287 e. The number of furan rings is 1. The van der Waals surface area contributed by atoms with Crippen LogP contribution >= 0.6 is 0 Å². The Morgan fingerprint density at radius 1 is 1.25 bits per heavy atom. The lowest BCUT2D eigenvalue weighted by atomic mass is 10.3. The molecular weight excluding hydrogens is 382 g/mol. The summed E-state index contributed by atoms with van der Waals surface area (Å²) in [5.41, 5.74) is -0.585. The van der Waals surface area contributed by atoms with Gasteiger partial charge in [-0.2, -0.15) is 10.2 Å². The molecule has 0 bridgehead atoms. The average molecular weight is 399 g/mol. The molecular formula is C17H17F4N5O2. The van der Waals surface area contributed by atoms with Gasteiger partial charge in [0, 0.05) is 24.8 Å². The maximum atomic E-state index is 13.0. The van der Waals surface area contributed by atoms with E-state index < -0.39 is 30.1 Å². The third-order valence-electron chi connectivity index (χ3n) is 3.93. The van der Waals surface area contributed by atoms with E-state index in [2.05, 4.69) is 15.5 Å². The number of rotatable bonds is 8. The van der Waals surface area contributed by atoms with Crippen LogP contribution in [0.3, 0.4) is 0 Å². The second kappa shape index (κ2) is 8.28. The molecule has 0 aliphatic heterocycles. The molecule has 3 aromatic rings. The number of hydrogen-bond acceptors (Lipinski definition) is 4. The number of nitrogens with one attached hydrogen (secondary N) is 1. The van der Waals surface area contributed by atoms with E-state index >= 15 is 0 Å². The van der Waals surface area contributed by atoms with Crippen molar-refractivity contribution in [1.29, 1.82) is 0 Å². The zero-order valence-electron chi connectivity index (χ0n) is 14.8. The van der Waals surface area contributed by atoms with Gasteiger partial charge in [-0.15, -0.1) is 0 Å². The molecule has 0 aromatic carbocycles. The van der Waals surface area contributed by atoms with Crippen molar-refractivity contribution in [3.63, 3.8) is 0 Å². The van der Waals surface area contributed by atoms with Gasteiger partial charge in [0.15, 0.2) is 5.76 Å². The molecule has 1 amide bonds. The maximum absolute atomic E-state index is 13.0. The highest BCUT2D eigenvalue weighted by Gasteiger charge is 2.22. The average Bonchev–Trinajstić information content (AvgIpc) is 3.39. The molecule has 0 aliphatic carbocycles. The van der Waals surface area contributed by atoms with E-state index in [0.29, 0.717) is 12.6 Å². The van der Waals surface area contributed by atoms with E-state index in [9.17, 15) is 22.4 Å². The second-order valence-corrected chi connectivity index (χ2v) is 5.91. The first-order valence-corrected chi connectivity index (χ1v) is 8.39. The van der Waals surface area contributed by atoms with Gasteiger partial charge in [-0.05, 0) is 25.1 Å². The predicted octanol–water partition coefficient (Wildman–Crippen LogP) is 3.55. The molecule has 0 fully saturated rings. The molecule has 3 aromatic heterocycles. The second-order valence-electron chi connectivity index (χ2n) is 5.91. The fraction of sp³-hybridized carbons (Fsp3) is 0.353. The highest BCUT2D eigenvalue weighted by atomic mass is 19.3. The Bertz CT molecular complexity index is 947. The molecule has 1 N–H and O–H groups in total. The van der Waals surface area contributed by atoms with Crippen molar-refractivity contribution < 1.29 is 26.8 Å². The molecule has 7 nitrogen and oxygen atoms in total. The van der Waals surface area contributed by atoms with Gasteiger partial charge in [0.25, 0.3) is 18.8 Å². The normalized spacial score (nSPS) is 11.5. The van der Waals surface area contributed by atoms with Gasteiger partial charge in [-0.3, -0.25) is 14.2 Å². The number of amides is 1. The Hall–Kier alpha value is -3.11. The number of hydrogen-bond donors (Lipinski definition) is 1. The topological polar surface area (TPSA) is 77.9 Å². The summed E-state index contributed by atoms with van der Waals surface area (Å²) in [6, 6.07) is 3.44. The predicted molar refractivity (Wildman–Crippen MR) is 89.0 cm³/mol. The summed E-state index contributed by atoms with van der Waals surface area (Å²) in [7, 11) is 0. The van der Waals surface area contributed by atoms with Crippen LogP contribution in [0.4, 0.5) is 17.6 Å². The molecule has 150 valence electrons. The highest BCUT2D eigenvalue weighted by molar-refractivity contribution is 5.91. The zero-order valence-corrected chi connectivity index (χ0v) is 14.8. The van der Waals surface area contributed by atoms with Gasteiger partial charge in [0.1, 0.15) is 17.1 Å². The van der Waals surface area contributed by atoms with Crippen LogP contribution in [0.5, 0.6) is 0 Å². The number of halogens is 4. The van der Waals surface area contributed by atoms with Crippen molar-refractivity contribution in [2.45, 2.75) is 39.4 Å². The molecule has 11 heteroatoms. The minimum absolute atomic E-state index is 0.0299. The van der Waals surface area contributed by atoms with Crippen molar-refractivity contribution in [3.05, 3.63) is 59.1 Å². The van der Waals surface area contributed by atoms with E-state index in [1.54, 1.807) is 17.1 Å². The van der Waals surface area contributed by atoms with Crippen LogP contribution < -0.4 is 5.32 Å². The van der Waals surface area contributed by atoms with Crippen LogP contribution in [0.25, 0.3) is 0 Å². The Balaban J connectivity index is 1.66. The SMILES string of the molecule is CCn1cc(CNC(=O)c2ccc(Cn3nc(C(F)F)cc3C(F)F)o2)cn1. The molecule has 0 aliphatic rings. The van der Waals surface area contributed by atoms with Crippen LogP contribution in [-0.2, 0) is 19.6 Å². The van der Waals surface area contributed by atoms with E-state index in [4.69, 9.17) is 4.42 Å². The van der Waals surface area contributed by atoms with Gasteiger partial charge in [0.2, 0.25) is 0 Å². The van der Waals surface area contributed by atoms with Gasteiger partial charge < -0.3 is 9.73 Å². The van der Waals surface area contributed by atoms with Crippen molar-refractivity contribution in [2.24, 2.45) is 0 Å². The third kappa shape index (κ3) is 4.41. The molecule has 3 rings (SSSR count). The van der Waals surface area contributed by atoms with E-state index in [0.717, 1.165) is 10.2 Å². The third-order valence-corrected chi connectivity index (χ3v) is 3.93. The summed E-state index contributed by atoms with van der Waals surface area (Å²) in [5.74, 6) is -0.397. The minimum atomic E-state index is -2.97. The van der Waals surface area contributed by atoms with Crippen LogP contribution in [0.1, 0.15) is 53.0 Å².